The van der Waals surface area contributed by atoms with Gasteiger partial charge in [0, 0.05) is 0 Å². The molecule has 9 heteroatoms. The van der Waals surface area contributed by atoms with Crippen LogP contribution in [0.2, 0.25) is 0 Å². The third-order valence-corrected chi connectivity index (χ3v) is 4.46. The van der Waals surface area contributed by atoms with E-state index in [1.165, 1.54) is 6.42 Å². The van der Waals surface area contributed by atoms with Gasteiger partial charge in [-0.3, -0.25) is 16.0 Å². The number of carbonyl (C=O) groups is 2. The summed E-state index contributed by atoms with van der Waals surface area (Å²) in [5, 5.41) is 0. The van der Waals surface area contributed by atoms with Gasteiger partial charge in [-0.25, -0.2) is 0 Å². The monoisotopic (exact) mass is 444 g/mol. The molecule has 29 heavy (non-hydrogen) atoms. The molecule has 0 aromatic rings. The van der Waals surface area contributed by atoms with Crippen LogP contribution < -0.4 is 29.6 Å². The number of carbonyl (C=O) groups excluding carboxylic acids is 2. The molecule has 2 unspecified atom stereocenters. The molecule has 0 fully saturated rings. The topological polar surface area (TPSA) is 104 Å². The second-order valence-corrected chi connectivity index (χ2v) is 7.17. The van der Waals surface area contributed by atoms with Gasteiger partial charge in [-0.05, 0) is 24.7 Å². The largest absolute Gasteiger partial charge is 1.00 e. The van der Waals surface area contributed by atoms with Crippen molar-refractivity contribution in [3.63, 3.8) is 0 Å². The molecule has 0 aliphatic rings. The molecular formula is C20H37NaO7S. The Bertz CT molecular complexity index is 469. The first-order valence-corrected chi connectivity index (χ1v) is 11.2. The Balaban J connectivity index is -0.00000123. The zero-order valence-corrected chi connectivity index (χ0v) is 21.6. The van der Waals surface area contributed by atoms with E-state index in [0.29, 0.717) is 25.0 Å². The number of rotatable bonds is 15. The Kier molecular flexibility index (Phi) is 27.0. The summed E-state index contributed by atoms with van der Waals surface area (Å²) in [5.74, 6) is 0.0719. The van der Waals surface area contributed by atoms with Crippen molar-refractivity contribution in [3.8, 4) is 0 Å². The Labute approximate surface area is 200 Å². The molecule has 0 radical (unpaired) electrons. The summed E-state index contributed by atoms with van der Waals surface area (Å²) < 4.78 is 35.8. The van der Waals surface area contributed by atoms with Crippen LogP contribution in [0.1, 0.15) is 85.5 Å². The molecule has 0 heterocycles. The normalized spacial score (nSPS) is 11.7. The third-order valence-electron chi connectivity index (χ3n) is 4.46. The van der Waals surface area contributed by atoms with E-state index in [2.05, 4.69) is 27.7 Å². The molecule has 0 aromatic carbocycles. The molecule has 0 saturated carbocycles. The van der Waals surface area contributed by atoms with Crippen molar-refractivity contribution in [3.05, 3.63) is 6.42 Å². The van der Waals surface area contributed by atoms with E-state index in [0.717, 1.165) is 51.4 Å². The van der Waals surface area contributed by atoms with Gasteiger partial charge in [0.05, 0.1) is 13.2 Å². The molecule has 0 bridgehead atoms. The minimum absolute atomic E-state index is 0. The molecule has 0 aliphatic heterocycles. The molecule has 0 saturated heterocycles. The van der Waals surface area contributed by atoms with Crippen LogP contribution >= 0.6 is 0 Å². The number of esters is 2. The van der Waals surface area contributed by atoms with Crippen molar-refractivity contribution >= 4 is 22.5 Å². The average Bonchev–Trinajstić information content (AvgIpc) is 2.66. The molecular weight excluding hydrogens is 407 g/mol. The maximum absolute atomic E-state index is 11.7. The van der Waals surface area contributed by atoms with Gasteiger partial charge in [-0.1, -0.05) is 72.6 Å². The van der Waals surface area contributed by atoms with Gasteiger partial charge in [-0.2, -0.15) is 0 Å². The summed E-state index contributed by atoms with van der Waals surface area (Å²) in [6, 6.07) is 0. The molecule has 0 N–H and O–H groups in total. The van der Waals surface area contributed by atoms with Crippen molar-refractivity contribution in [2.45, 2.75) is 85.5 Å². The summed E-state index contributed by atoms with van der Waals surface area (Å²) in [6.45, 7) is 9.43. The number of hydrogen-bond acceptors (Lipinski definition) is 7. The third kappa shape index (κ3) is 25.4. The van der Waals surface area contributed by atoms with Crippen molar-refractivity contribution in [2.24, 2.45) is 11.8 Å². The molecule has 7 nitrogen and oxygen atoms in total. The van der Waals surface area contributed by atoms with Crippen LogP contribution in [0.5, 0.6) is 0 Å². The van der Waals surface area contributed by atoms with Crippen LogP contribution in [-0.4, -0.2) is 37.8 Å². The second-order valence-electron chi connectivity index (χ2n) is 6.76. The molecule has 0 aromatic heterocycles. The molecule has 0 amide bonds. The second kappa shape index (κ2) is 23.7. The Morgan fingerprint density at radius 3 is 1.62 bits per heavy atom. The Morgan fingerprint density at radius 2 is 1.24 bits per heavy atom. The standard InChI is InChI=1S/C20H37O4.Na.O3S/c1-5-9-11-17(7-3)15-23-19(21)13-14-20(22)24-16-18(8-4)12-10-6-2;;1-4(2)3/h13,17-18H,5-12,14-16H2,1-4H3;;/q-1;+1;. The molecule has 166 valence electrons. The van der Waals surface area contributed by atoms with Crippen LogP contribution in [0.15, 0.2) is 0 Å². The summed E-state index contributed by atoms with van der Waals surface area (Å²) in [7, 11) is -3.11. The Hall–Kier alpha value is -0.570. The quantitative estimate of drug-likeness (QED) is 0.212. The first-order valence-electron chi connectivity index (χ1n) is 10.2. The summed E-state index contributed by atoms with van der Waals surface area (Å²) in [4.78, 5) is 23.4. The van der Waals surface area contributed by atoms with Crippen LogP contribution in [0, 0.1) is 18.3 Å². The Morgan fingerprint density at radius 1 is 0.828 bits per heavy atom. The van der Waals surface area contributed by atoms with Gasteiger partial charge in [0.15, 0.2) is 5.97 Å². The van der Waals surface area contributed by atoms with Gasteiger partial charge >= 0.3 is 40.2 Å². The van der Waals surface area contributed by atoms with Gasteiger partial charge < -0.3 is 9.47 Å². The van der Waals surface area contributed by atoms with Crippen LogP contribution in [-0.2, 0) is 29.7 Å². The van der Waals surface area contributed by atoms with Crippen molar-refractivity contribution in [1.82, 2.24) is 0 Å². The van der Waals surface area contributed by atoms with E-state index in [1.54, 1.807) is 0 Å². The minimum Gasteiger partial charge on any atom is -0.488 e. The fourth-order valence-electron chi connectivity index (χ4n) is 2.49. The minimum atomic E-state index is -3.11. The van der Waals surface area contributed by atoms with Gasteiger partial charge in [-0.15, -0.1) is 12.6 Å². The van der Waals surface area contributed by atoms with Crippen LogP contribution in [0.3, 0.4) is 0 Å². The van der Waals surface area contributed by atoms with Gasteiger partial charge in [0.25, 0.3) is 5.97 Å². The predicted octanol–water partition coefficient (Wildman–Crippen LogP) is 1.10. The smallest absolute Gasteiger partial charge is 0.488 e. The summed E-state index contributed by atoms with van der Waals surface area (Å²) in [5.41, 5.74) is 0. The number of hydrogen-bond donors (Lipinski definition) is 0. The number of unbranched alkanes of at least 4 members (excludes halogenated alkanes) is 2. The molecule has 0 aliphatic carbocycles. The molecule has 0 spiro atoms. The first kappa shape index (κ1) is 33.1. The maximum atomic E-state index is 11.7. The summed E-state index contributed by atoms with van der Waals surface area (Å²) in [6.07, 6.45) is 10.1. The fourth-order valence-corrected chi connectivity index (χ4v) is 2.49. The van der Waals surface area contributed by atoms with E-state index < -0.39 is 16.6 Å². The van der Waals surface area contributed by atoms with Gasteiger partial charge in [0.2, 0.25) is 0 Å². The van der Waals surface area contributed by atoms with Crippen molar-refractivity contribution < 1.29 is 61.2 Å². The van der Waals surface area contributed by atoms with E-state index in [-0.39, 0.29) is 41.9 Å². The van der Waals surface area contributed by atoms with E-state index >= 15 is 0 Å². The zero-order valence-electron chi connectivity index (χ0n) is 18.8. The molecule has 2 atom stereocenters. The van der Waals surface area contributed by atoms with Crippen molar-refractivity contribution in [2.75, 3.05) is 13.2 Å². The van der Waals surface area contributed by atoms with E-state index in [1.807, 2.05) is 0 Å². The average molecular weight is 445 g/mol. The zero-order chi connectivity index (χ0) is 21.8. The summed E-state index contributed by atoms with van der Waals surface area (Å²) >= 11 is 0. The van der Waals surface area contributed by atoms with Crippen LogP contribution in [0.25, 0.3) is 0 Å². The molecule has 0 rings (SSSR count). The number of ether oxygens (including phenoxy) is 2. The van der Waals surface area contributed by atoms with Gasteiger partial charge in [0.1, 0.15) is 0 Å². The fraction of sp³-hybridized carbons (Fsp3) is 0.850. The maximum Gasteiger partial charge on any atom is 1.00 e. The van der Waals surface area contributed by atoms with E-state index in [9.17, 15) is 9.59 Å². The van der Waals surface area contributed by atoms with Crippen molar-refractivity contribution in [1.29, 1.82) is 0 Å². The first-order chi connectivity index (χ1) is 13.3. The SMILES string of the molecule is CCCCC(CC)COC(=O)[CH-]CC(=O)OCC(CC)CCCC.O=S(=O)=O.[Na+]. The van der Waals surface area contributed by atoms with Crippen LogP contribution in [0.4, 0.5) is 0 Å². The van der Waals surface area contributed by atoms with E-state index in [4.69, 9.17) is 22.1 Å². The predicted molar refractivity (Wildman–Crippen MR) is 107 cm³/mol.